The molecule has 4 heteroatoms. The molecule has 1 N–H and O–H groups in total. The quantitative estimate of drug-likeness (QED) is 0.881. The van der Waals surface area contributed by atoms with Gasteiger partial charge in [0.15, 0.2) is 0 Å². The number of carbonyl (C=O) groups is 1. The van der Waals surface area contributed by atoms with E-state index in [1.807, 2.05) is 29.2 Å². The van der Waals surface area contributed by atoms with Crippen molar-refractivity contribution in [1.29, 1.82) is 0 Å². The van der Waals surface area contributed by atoms with Crippen molar-refractivity contribution in [1.82, 2.24) is 5.32 Å². The second-order valence-corrected chi connectivity index (χ2v) is 5.28. The van der Waals surface area contributed by atoms with E-state index in [9.17, 15) is 4.79 Å². The van der Waals surface area contributed by atoms with E-state index in [1.54, 1.807) is 0 Å². The third kappa shape index (κ3) is 2.73. The van der Waals surface area contributed by atoms with Crippen molar-refractivity contribution in [3.63, 3.8) is 0 Å². The summed E-state index contributed by atoms with van der Waals surface area (Å²) in [4.78, 5) is 14.4. The summed E-state index contributed by atoms with van der Waals surface area (Å²) < 4.78 is 5.59. The maximum atomic E-state index is 12.5. The molecule has 3 rings (SSSR count). The highest BCUT2D eigenvalue weighted by Crippen LogP contribution is 2.32. The molecule has 1 aromatic carbocycles. The monoisotopic (exact) mass is 260 g/mol. The molecule has 1 amide bonds. The number of benzene rings is 1. The molecule has 0 bridgehead atoms. The number of nitrogens with one attached hydrogen (secondary N) is 1. The van der Waals surface area contributed by atoms with Crippen molar-refractivity contribution >= 4 is 11.6 Å². The molecule has 1 aromatic rings. The van der Waals surface area contributed by atoms with Gasteiger partial charge in [-0.3, -0.25) is 4.79 Å². The van der Waals surface area contributed by atoms with E-state index in [4.69, 9.17) is 4.74 Å². The van der Waals surface area contributed by atoms with Crippen LogP contribution in [0.2, 0.25) is 0 Å². The van der Waals surface area contributed by atoms with E-state index in [1.165, 1.54) is 6.42 Å². The van der Waals surface area contributed by atoms with E-state index < -0.39 is 0 Å². The number of para-hydroxylation sites is 2. The van der Waals surface area contributed by atoms with Gasteiger partial charge < -0.3 is 15.0 Å². The van der Waals surface area contributed by atoms with Crippen LogP contribution in [-0.2, 0) is 4.79 Å². The lowest BCUT2D eigenvalue weighted by Gasteiger charge is -2.31. The molecule has 102 valence electrons. The van der Waals surface area contributed by atoms with Crippen molar-refractivity contribution in [2.45, 2.75) is 19.3 Å². The summed E-state index contributed by atoms with van der Waals surface area (Å²) in [5, 5.41) is 3.37. The number of nitrogens with zero attached hydrogens (tertiary/aromatic N) is 1. The Kier molecular flexibility index (Phi) is 3.69. The first-order valence-corrected chi connectivity index (χ1v) is 7.07. The largest absolute Gasteiger partial charge is 0.490 e. The van der Waals surface area contributed by atoms with Gasteiger partial charge in [0.1, 0.15) is 12.4 Å². The molecule has 2 aliphatic heterocycles. The van der Waals surface area contributed by atoms with E-state index in [0.29, 0.717) is 25.5 Å². The van der Waals surface area contributed by atoms with Crippen LogP contribution in [0.4, 0.5) is 5.69 Å². The Morgan fingerprint density at radius 2 is 2.32 bits per heavy atom. The van der Waals surface area contributed by atoms with Gasteiger partial charge >= 0.3 is 0 Å². The molecule has 19 heavy (non-hydrogen) atoms. The first-order chi connectivity index (χ1) is 9.34. The number of piperidine rings is 1. The molecule has 1 unspecified atom stereocenters. The minimum Gasteiger partial charge on any atom is -0.490 e. The van der Waals surface area contributed by atoms with Crippen LogP contribution in [0, 0.1) is 5.92 Å². The van der Waals surface area contributed by atoms with E-state index in [0.717, 1.165) is 30.9 Å². The Morgan fingerprint density at radius 1 is 1.42 bits per heavy atom. The fourth-order valence-corrected chi connectivity index (χ4v) is 2.88. The third-order valence-electron chi connectivity index (χ3n) is 3.89. The fourth-order valence-electron chi connectivity index (χ4n) is 2.88. The van der Waals surface area contributed by atoms with Gasteiger partial charge in [0.25, 0.3) is 0 Å². The zero-order valence-corrected chi connectivity index (χ0v) is 11.1. The van der Waals surface area contributed by atoms with Gasteiger partial charge in [-0.15, -0.1) is 0 Å². The number of anilines is 1. The van der Waals surface area contributed by atoms with Gasteiger partial charge in [-0.2, -0.15) is 0 Å². The number of amides is 1. The number of hydrogen-bond donors (Lipinski definition) is 1. The molecule has 1 fully saturated rings. The fraction of sp³-hybridized carbons (Fsp3) is 0.533. The molecule has 0 saturated carbocycles. The maximum Gasteiger partial charge on any atom is 0.227 e. The minimum absolute atomic E-state index is 0.226. The van der Waals surface area contributed by atoms with E-state index in [-0.39, 0.29) is 5.91 Å². The topological polar surface area (TPSA) is 41.6 Å². The first kappa shape index (κ1) is 12.5. The van der Waals surface area contributed by atoms with Gasteiger partial charge in [-0.05, 0) is 44.0 Å². The van der Waals surface area contributed by atoms with Crippen molar-refractivity contribution in [2.75, 3.05) is 31.1 Å². The zero-order valence-electron chi connectivity index (χ0n) is 11.1. The third-order valence-corrected chi connectivity index (χ3v) is 3.89. The van der Waals surface area contributed by atoms with Crippen LogP contribution in [0.3, 0.4) is 0 Å². The minimum atomic E-state index is 0.226. The molecule has 0 aromatic heterocycles. The van der Waals surface area contributed by atoms with Gasteiger partial charge in [-0.1, -0.05) is 12.1 Å². The van der Waals surface area contributed by atoms with Crippen LogP contribution < -0.4 is 15.0 Å². The molecule has 0 radical (unpaired) electrons. The molecule has 0 spiro atoms. The number of rotatable bonds is 2. The Morgan fingerprint density at radius 3 is 3.16 bits per heavy atom. The van der Waals surface area contributed by atoms with Crippen LogP contribution in [0.15, 0.2) is 24.3 Å². The van der Waals surface area contributed by atoms with Gasteiger partial charge in [-0.25, -0.2) is 0 Å². The van der Waals surface area contributed by atoms with Crippen molar-refractivity contribution < 1.29 is 9.53 Å². The maximum absolute atomic E-state index is 12.5. The highest BCUT2D eigenvalue weighted by molar-refractivity contribution is 5.95. The Hall–Kier alpha value is -1.55. The molecule has 0 aliphatic carbocycles. The van der Waals surface area contributed by atoms with Crippen LogP contribution in [0.5, 0.6) is 5.75 Å². The lowest BCUT2D eigenvalue weighted by Crippen LogP contribution is -2.40. The zero-order chi connectivity index (χ0) is 13.1. The van der Waals surface area contributed by atoms with Crippen molar-refractivity contribution in [2.24, 2.45) is 5.92 Å². The second kappa shape index (κ2) is 5.61. The van der Waals surface area contributed by atoms with E-state index in [2.05, 4.69) is 5.32 Å². The van der Waals surface area contributed by atoms with Crippen LogP contribution >= 0.6 is 0 Å². The summed E-state index contributed by atoms with van der Waals surface area (Å²) in [5.74, 6) is 1.53. The summed E-state index contributed by atoms with van der Waals surface area (Å²) >= 11 is 0. The average molecular weight is 260 g/mol. The van der Waals surface area contributed by atoms with Gasteiger partial charge in [0.2, 0.25) is 5.91 Å². The molecular formula is C15H20N2O2. The van der Waals surface area contributed by atoms with Gasteiger partial charge in [0, 0.05) is 6.42 Å². The predicted octanol–water partition coefficient (Wildman–Crippen LogP) is 1.80. The van der Waals surface area contributed by atoms with Crippen LogP contribution in [0.1, 0.15) is 19.3 Å². The Bertz CT molecular complexity index is 455. The lowest BCUT2D eigenvalue weighted by molar-refractivity contribution is -0.119. The van der Waals surface area contributed by atoms with Crippen molar-refractivity contribution in [3.8, 4) is 5.75 Å². The molecular weight excluding hydrogens is 240 g/mol. The Balaban J connectivity index is 1.70. The summed E-state index contributed by atoms with van der Waals surface area (Å²) in [5.41, 5.74) is 0.919. The average Bonchev–Trinajstić information content (AvgIpc) is 2.47. The lowest BCUT2D eigenvalue weighted by atomic mass is 9.95. The summed E-state index contributed by atoms with van der Waals surface area (Å²) in [6.45, 7) is 3.31. The number of hydrogen-bond acceptors (Lipinski definition) is 3. The van der Waals surface area contributed by atoms with E-state index >= 15 is 0 Å². The number of fused-ring (bicyclic) bond motifs is 1. The molecule has 1 atom stereocenters. The summed E-state index contributed by atoms with van der Waals surface area (Å²) in [6.07, 6.45) is 2.98. The summed E-state index contributed by atoms with van der Waals surface area (Å²) in [6, 6.07) is 7.79. The van der Waals surface area contributed by atoms with Gasteiger partial charge in [0.05, 0.1) is 12.2 Å². The number of carbonyl (C=O) groups excluding carboxylic acids is 1. The smallest absolute Gasteiger partial charge is 0.227 e. The molecule has 1 saturated heterocycles. The van der Waals surface area contributed by atoms with Crippen LogP contribution in [-0.4, -0.2) is 32.1 Å². The highest BCUT2D eigenvalue weighted by atomic mass is 16.5. The SMILES string of the molecule is O=C(CC1CCCNC1)N1CCOc2ccccc21. The second-order valence-electron chi connectivity index (χ2n) is 5.28. The highest BCUT2D eigenvalue weighted by Gasteiger charge is 2.26. The van der Waals surface area contributed by atoms with Crippen molar-refractivity contribution in [3.05, 3.63) is 24.3 Å². The standard InChI is InChI=1S/C15H20N2O2/c18-15(10-12-4-3-7-16-11-12)17-8-9-19-14-6-2-1-5-13(14)17/h1-2,5-6,12,16H,3-4,7-11H2. The molecule has 2 aliphatic rings. The molecule has 2 heterocycles. The van der Waals surface area contributed by atoms with Crippen LogP contribution in [0.25, 0.3) is 0 Å². The Labute approximate surface area is 113 Å². The first-order valence-electron chi connectivity index (χ1n) is 7.07. The normalized spacial score (nSPS) is 22.5. The number of ether oxygens (including phenoxy) is 1. The summed E-state index contributed by atoms with van der Waals surface area (Å²) in [7, 11) is 0. The predicted molar refractivity (Wildman–Crippen MR) is 74.5 cm³/mol. The molecule has 4 nitrogen and oxygen atoms in total.